The molecule has 0 saturated carbocycles. The lowest BCUT2D eigenvalue weighted by molar-refractivity contribution is 0.107. The maximum atomic E-state index is 15.3. The number of hydrogen-bond donors (Lipinski definition) is 1. The number of fused-ring (bicyclic) bond motifs is 1. The van der Waals surface area contributed by atoms with Crippen LogP contribution >= 0.6 is 11.6 Å². The Bertz CT molecular complexity index is 1330. The summed E-state index contributed by atoms with van der Waals surface area (Å²) in [4.78, 5) is 21.5. The first kappa shape index (κ1) is 23.4. The highest BCUT2D eigenvalue weighted by Crippen LogP contribution is 2.43. The van der Waals surface area contributed by atoms with Crippen LogP contribution in [0.1, 0.15) is 37.8 Å². The summed E-state index contributed by atoms with van der Waals surface area (Å²) in [7, 11) is 0. The number of aromatic nitrogens is 4. The van der Waals surface area contributed by atoms with Crippen LogP contribution in [0.25, 0.3) is 10.9 Å². The van der Waals surface area contributed by atoms with Crippen LogP contribution in [0.2, 0.25) is 5.15 Å². The van der Waals surface area contributed by atoms with Crippen LogP contribution in [-0.2, 0) is 0 Å². The molecule has 6 rings (SSSR count). The molecule has 0 spiro atoms. The van der Waals surface area contributed by atoms with Crippen molar-refractivity contribution in [1.29, 1.82) is 0 Å². The number of alkyl halides is 1. The smallest absolute Gasteiger partial charge is 0.319 e. The van der Waals surface area contributed by atoms with E-state index in [1.807, 2.05) is 24.0 Å². The molecule has 36 heavy (non-hydrogen) atoms. The fraction of sp³-hybridized carbons (Fsp3) is 0.500. The van der Waals surface area contributed by atoms with E-state index in [1.165, 1.54) is 0 Å². The van der Waals surface area contributed by atoms with Crippen molar-refractivity contribution in [2.24, 2.45) is 0 Å². The van der Waals surface area contributed by atoms with E-state index < -0.39 is 17.5 Å². The molecule has 3 aliphatic rings. The number of nitrogens with two attached hydrogens (primary N) is 1. The summed E-state index contributed by atoms with van der Waals surface area (Å²) in [5.41, 5.74) is 6.51. The van der Waals surface area contributed by atoms with Crippen molar-refractivity contribution < 1.29 is 18.3 Å². The van der Waals surface area contributed by atoms with E-state index >= 15 is 4.39 Å². The van der Waals surface area contributed by atoms with E-state index in [9.17, 15) is 4.39 Å². The second kappa shape index (κ2) is 8.81. The number of anilines is 2. The Morgan fingerprint density at radius 3 is 3.03 bits per heavy atom. The van der Waals surface area contributed by atoms with Gasteiger partial charge in [-0.3, -0.25) is 4.90 Å². The van der Waals surface area contributed by atoms with Gasteiger partial charge in [-0.05, 0) is 32.4 Å². The lowest BCUT2D eigenvalue weighted by atomic mass is 9.95. The molecule has 0 amide bonds. The van der Waals surface area contributed by atoms with Crippen molar-refractivity contribution >= 4 is 34.1 Å². The van der Waals surface area contributed by atoms with Gasteiger partial charge in [0.2, 0.25) is 5.88 Å². The third-order valence-electron chi connectivity index (χ3n) is 7.53. The topological polar surface area (TPSA) is 103 Å². The zero-order chi connectivity index (χ0) is 25.0. The SMILES string of the molecule is CC(c1cccnc1N)N1CCOc2nc(Cl)c(F)c3nc(OC[C@@]45CCCN4C[C@H](F)C5)nc1c23. The fourth-order valence-corrected chi connectivity index (χ4v) is 5.94. The standard InChI is InChI=1S/C24H26ClF2N7O2/c1-13(15-4-2-6-29-20(15)28)34-8-9-35-22-16-18(17(27)19(25)31-22)30-23(32-21(16)34)36-12-24-5-3-7-33(24)11-14(26)10-24/h2,4,6,13-14H,3,5,7-12H2,1H3,(H2,28,29)/t13?,14-,24+/m1/s1. The van der Waals surface area contributed by atoms with Gasteiger partial charge in [0.1, 0.15) is 41.9 Å². The van der Waals surface area contributed by atoms with E-state index in [0.29, 0.717) is 36.5 Å². The summed E-state index contributed by atoms with van der Waals surface area (Å²) < 4.78 is 41.4. The highest BCUT2D eigenvalue weighted by Gasteiger charge is 2.49. The van der Waals surface area contributed by atoms with Crippen LogP contribution in [-0.4, -0.2) is 69.4 Å². The number of nitrogen functional groups attached to an aromatic ring is 1. The number of pyridine rings is 2. The van der Waals surface area contributed by atoms with Gasteiger partial charge in [0.15, 0.2) is 11.0 Å². The van der Waals surface area contributed by atoms with E-state index in [4.69, 9.17) is 31.8 Å². The zero-order valence-electron chi connectivity index (χ0n) is 19.8. The molecule has 3 aromatic rings. The van der Waals surface area contributed by atoms with Gasteiger partial charge in [0, 0.05) is 24.7 Å². The van der Waals surface area contributed by atoms with Gasteiger partial charge in [-0.25, -0.2) is 13.8 Å². The zero-order valence-corrected chi connectivity index (χ0v) is 20.5. The highest BCUT2D eigenvalue weighted by molar-refractivity contribution is 6.30. The minimum absolute atomic E-state index is 0.00796. The Morgan fingerprint density at radius 2 is 2.19 bits per heavy atom. The van der Waals surface area contributed by atoms with Crippen LogP contribution in [0.15, 0.2) is 18.3 Å². The summed E-state index contributed by atoms with van der Waals surface area (Å²) >= 11 is 6.08. The molecule has 1 unspecified atom stereocenters. The first-order valence-electron chi connectivity index (χ1n) is 12.0. The second-order valence-corrected chi connectivity index (χ2v) is 9.99. The normalized spacial score (nSPS) is 24.4. The van der Waals surface area contributed by atoms with Gasteiger partial charge in [0.05, 0.1) is 18.1 Å². The van der Waals surface area contributed by atoms with Crippen molar-refractivity contribution in [3.8, 4) is 11.9 Å². The third-order valence-corrected chi connectivity index (χ3v) is 7.79. The molecule has 0 aromatic carbocycles. The van der Waals surface area contributed by atoms with Crippen LogP contribution in [0.3, 0.4) is 0 Å². The van der Waals surface area contributed by atoms with E-state index in [2.05, 4.69) is 19.9 Å². The van der Waals surface area contributed by atoms with E-state index in [1.54, 1.807) is 6.20 Å². The molecule has 2 saturated heterocycles. The predicted octanol–water partition coefficient (Wildman–Crippen LogP) is 3.71. The summed E-state index contributed by atoms with van der Waals surface area (Å²) in [6.45, 7) is 4.09. The van der Waals surface area contributed by atoms with Gasteiger partial charge < -0.3 is 20.1 Å². The highest BCUT2D eigenvalue weighted by atomic mass is 35.5. The van der Waals surface area contributed by atoms with Gasteiger partial charge >= 0.3 is 6.01 Å². The number of halogens is 3. The Hall–Kier alpha value is -3.05. The molecule has 190 valence electrons. The van der Waals surface area contributed by atoms with Crippen molar-refractivity contribution in [1.82, 2.24) is 24.8 Å². The monoisotopic (exact) mass is 517 g/mol. The molecule has 12 heteroatoms. The first-order chi connectivity index (χ1) is 17.4. The summed E-state index contributed by atoms with van der Waals surface area (Å²) in [6, 6.07) is 3.41. The third kappa shape index (κ3) is 3.76. The van der Waals surface area contributed by atoms with Crippen molar-refractivity contribution in [3.63, 3.8) is 0 Å². The van der Waals surface area contributed by atoms with Gasteiger partial charge in [-0.2, -0.15) is 15.0 Å². The predicted molar refractivity (Wildman–Crippen MR) is 131 cm³/mol. The maximum Gasteiger partial charge on any atom is 0.319 e. The molecular weight excluding hydrogens is 492 g/mol. The minimum Gasteiger partial charge on any atom is -0.475 e. The number of hydrogen-bond acceptors (Lipinski definition) is 9. The average molecular weight is 518 g/mol. The molecular formula is C24H26ClF2N7O2. The molecule has 0 radical (unpaired) electrons. The Balaban J connectivity index is 1.44. The minimum atomic E-state index is -0.889. The Kier molecular flexibility index (Phi) is 5.71. The second-order valence-electron chi connectivity index (χ2n) is 9.63. The molecule has 2 fully saturated rings. The number of rotatable bonds is 5. The van der Waals surface area contributed by atoms with Crippen molar-refractivity contribution in [3.05, 3.63) is 34.9 Å². The molecule has 2 N–H and O–H groups in total. The maximum absolute atomic E-state index is 15.3. The molecule has 3 atom stereocenters. The van der Waals surface area contributed by atoms with Gasteiger partial charge in [-0.1, -0.05) is 17.7 Å². The number of nitrogens with zero attached hydrogens (tertiary/aromatic N) is 6. The lowest BCUT2D eigenvalue weighted by Gasteiger charge is -2.32. The average Bonchev–Trinajstić information content (AvgIpc) is 3.32. The molecule has 6 heterocycles. The molecule has 9 nitrogen and oxygen atoms in total. The first-order valence-corrected chi connectivity index (χ1v) is 12.4. The number of ether oxygens (including phenoxy) is 2. The molecule has 3 aromatic heterocycles. The van der Waals surface area contributed by atoms with E-state index in [-0.39, 0.29) is 41.8 Å². The van der Waals surface area contributed by atoms with E-state index in [0.717, 1.165) is 24.9 Å². The molecule has 0 bridgehead atoms. The quantitative estimate of drug-likeness (QED) is 0.507. The largest absolute Gasteiger partial charge is 0.475 e. The van der Waals surface area contributed by atoms with Crippen LogP contribution in [0, 0.1) is 5.82 Å². The Labute approximate surface area is 211 Å². The summed E-state index contributed by atoms with van der Waals surface area (Å²) in [5.74, 6) is 0.161. The van der Waals surface area contributed by atoms with Gasteiger partial charge in [0.25, 0.3) is 0 Å². The van der Waals surface area contributed by atoms with Crippen molar-refractivity contribution in [2.75, 3.05) is 43.5 Å². The van der Waals surface area contributed by atoms with Gasteiger partial charge in [-0.15, -0.1) is 0 Å². The summed E-state index contributed by atoms with van der Waals surface area (Å²) in [5, 5.41) is -0.0378. The van der Waals surface area contributed by atoms with Crippen LogP contribution in [0.4, 0.5) is 20.4 Å². The lowest BCUT2D eigenvalue weighted by Crippen LogP contribution is -2.43. The molecule has 3 aliphatic heterocycles. The van der Waals surface area contributed by atoms with Crippen molar-refractivity contribution in [2.45, 2.75) is 43.9 Å². The van der Waals surface area contributed by atoms with Crippen LogP contribution < -0.4 is 20.1 Å². The molecule has 0 aliphatic carbocycles. The van der Waals surface area contributed by atoms with Crippen LogP contribution in [0.5, 0.6) is 11.9 Å². The fourth-order valence-electron chi connectivity index (χ4n) is 5.78. The Morgan fingerprint density at radius 1 is 1.33 bits per heavy atom. The summed E-state index contributed by atoms with van der Waals surface area (Å²) in [6.07, 6.45) is 2.95.